The quantitative estimate of drug-likeness (QED) is 0.529. The molecule has 1 aromatic carbocycles. The lowest BCUT2D eigenvalue weighted by molar-refractivity contribution is -0.141. The second-order valence-corrected chi connectivity index (χ2v) is 11.2. The molecule has 8 nitrogen and oxygen atoms in total. The molecular formula is C31H45FN4O4. The van der Waals surface area contributed by atoms with Gasteiger partial charge >= 0.3 is 0 Å². The summed E-state index contributed by atoms with van der Waals surface area (Å²) >= 11 is 0. The molecule has 1 aromatic rings. The lowest BCUT2D eigenvalue weighted by atomic mass is 9.82. The van der Waals surface area contributed by atoms with Crippen LogP contribution in [-0.4, -0.2) is 72.6 Å². The number of carbonyl (C=O) groups is 3. The number of amides is 3. The number of halogens is 1. The first kappa shape index (κ1) is 31.5. The van der Waals surface area contributed by atoms with Crippen LogP contribution in [0.4, 0.5) is 4.39 Å². The smallest absolute Gasteiger partial charge is 0.243 e. The van der Waals surface area contributed by atoms with Gasteiger partial charge in [-0.25, -0.2) is 4.39 Å². The van der Waals surface area contributed by atoms with Crippen molar-refractivity contribution in [2.24, 2.45) is 5.92 Å². The van der Waals surface area contributed by atoms with Crippen molar-refractivity contribution < 1.29 is 23.5 Å². The van der Waals surface area contributed by atoms with Gasteiger partial charge in [-0.3, -0.25) is 14.4 Å². The maximum Gasteiger partial charge on any atom is 0.243 e. The van der Waals surface area contributed by atoms with E-state index in [1.807, 2.05) is 26.0 Å². The first-order valence-electron chi connectivity index (χ1n) is 14.4. The number of nitrogens with one attached hydrogen (secondary N) is 3. The number of fused-ring (bicyclic) bond motifs is 1. The van der Waals surface area contributed by atoms with E-state index in [2.05, 4.69) is 35.0 Å². The minimum Gasteiger partial charge on any atom is -0.366 e. The molecule has 3 rings (SSSR count). The third kappa shape index (κ3) is 8.48. The number of carbonyl (C=O) groups excluding carboxylic acids is 3. The second kappa shape index (κ2) is 14.6. The molecule has 220 valence electrons. The highest BCUT2D eigenvalue weighted by atomic mass is 19.1. The summed E-state index contributed by atoms with van der Waals surface area (Å²) in [5.41, 5.74) is 0.203. The van der Waals surface area contributed by atoms with Gasteiger partial charge in [-0.05, 0) is 57.7 Å². The zero-order valence-corrected chi connectivity index (χ0v) is 24.4. The molecule has 0 bridgehead atoms. The highest BCUT2D eigenvalue weighted by Gasteiger charge is 2.35. The predicted octanol–water partition coefficient (Wildman–Crippen LogP) is 3.27. The Morgan fingerprint density at radius 1 is 1.07 bits per heavy atom. The van der Waals surface area contributed by atoms with Gasteiger partial charge in [-0.1, -0.05) is 49.8 Å². The van der Waals surface area contributed by atoms with Gasteiger partial charge in [0.1, 0.15) is 17.9 Å². The highest BCUT2D eigenvalue weighted by Crippen LogP contribution is 2.32. The van der Waals surface area contributed by atoms with Crippen LogP contribution in [0.15, 0.2) is 48.6 Å². The van der Waals surface area contributed by atoms with Crippen molar-refractivity contribution in [2.45, 2.75) is 89.6 Å². The summed E-state index contributed by atoms with van der Waals surface area (Å²) in [7, 11) is 1.61. The molecule has 0 saturated carbocycles. The first-order chi connectivity index (χ1) is 19.0. The van der Waals surface area contributed by atoms with Crippen LogP contribution in [0.25, 0.3) is 0 Å². The fourth-order valence-corrected chi connectivity index (χ4v) is 5.28. The standard InChI is InChI=1S/C31H45FN4O4/c1-6-10-26-30(39)36(5)22(3)28(37)35-27(19-23-13-15-25(32)16-14-23)29(38)33-18-9-12-24-11-7-8-17-31(24,4)40-21(2)20-34-26/h7-8,11,13-17,21-22,24,26-27,34H,6,9-10,12,18-20H2,1-5H3,(H,33,38)(H,35,37)/t21-,22-,24?,26+,27-,31?/m1/s1. The largest absolute Gasteiger partial charge is 0.366 e. The Hall–Kier alpha value is -3.04. The lowest BCUT2D eigenvalue weighted by Crippen LogP contribution is -2.56. The van der Waals surface area contributed by atoms with E-state index in [0.29, 0.717) is 19.5 Å². The van der Waals surface area contributed by atoms with Crippen molar-refractivity contribution in [1.29, 1.82) is 0 Å². The number of likely N-dealkylation sites (N-methyl/N-ethyl adjacent to an activating group) is 1. The van der Waals surface area contributed by atoms with Gasteiger partial charge in [0.25, 0.3) is 0 Å². The molecule has 2 unspecified atom stereocenters. The van der Waals surface area contributed by atoms with E-state index in [9.17, 15) is 18.8 Å². The maximum atomic E-state index is 13.5. The first-order valence-corrected chi connectivity index (χ1v) is 14.4. The molecule has 0 spiro atoms. The van der Waals surface area contributed by atoms with Gasteiger partial charge in [-0.2, -0.15) is 0 Å². The summed E-state index contributed by atoms with van der Waals surface area (Å²) in [6.45, 7) is 8.65. The number of hydrogen-bond acceptors (Lipinski definition) is 5. The zero-order chi connectivity index (χ0) is 29.3. The van der Waals surface area contributed by atoms with Crippen molar-refractivity contribution in [1.82, 2.24) is 20.9 Å². The van der Waals surface area contributed by atoms with E-state index < -0.39 is 29.6 Å². The highest BCUT2D eigenvalue weighted by molar-refractivity contribution is 5.92. The average Bonchev–Trinajstić information content (AvgIpc) is 2.93. The number of hydrogen-bond donors (Lipinski definition) is 3. The molecule has 1 aliphatic carbocycles. The Kier molecular flexibility index (Phi) is 11.5. The molecular weight excluding hydrogens is 511 g/mol. The van der Waals surface area contributed by atoms with Crippen LogP contribution in [0.1, 0.15) is 58.9 Å². The zero-order valence-electron chi connectivity index (χ0n) is 24.4. The minimum absolute atomic E-state index is 0.116. The van der Waals surface area contributed by atoms with Gasteiger partial charge in [-0.15, -0.1) is 0 Å². The number of benzene rings is 1. The Bertz CT molecular complexity index is 1080. The van der Waals surface area contributed by atoms with Crippen LogP contribution in [-0.2, 0) is 25.5 Å². The van der Waals surface area contributed by atoms with E-state index in [1.54, 1.807) is 26.1 Å². The summed E-state index contributed by atoms with van der Waals surface area (Å²) < 4.78 is 20.0. The third-order valence-corrected chi connectivity index (χ3v) is 7.89. The fourth-order valence-electron chi connectivity index (χ4n) is 5.28. The lowest BCUT2D eigenvalue weighted by Gasteiger charge is -2.38. The van der Waals surface area contributed by atoms with Gasteiger partial charge in [0, 0.05) is 32.5 Å². The molecule has 3 N–H and O–H groups in total. The van der Waals surface area contributed by atoms with E-state index in [-0.39, 0.29) is 36.1 Å². The number of allylic oxidation sites excluding steroid dienone is 2. The molecule has 1 heterocycles. The SMILES string of the molecule is CCC[C@@H]1NC[C@@H](C)OC2(C)C=CC=CC2CCCNC(=O)[C@@H](Cc2ccc(F)cc2)NC(=O)[C@@H](C)N(C)C1=O. The third-order valence-electron chi connectivity index (χ3n) is 7.89. The van der Waals surface area contributed by atoms with Crippen LogP contribution in [0, 0.1) is 11.7 Å². The van der Waals surface area contributed by atoms with E-state index in [4.69, 9.17) is 4.74 Å². The molecule has 1 aliphatic heterocycles. The minimum atomic E-state index is -0.876. The number of nitrogens with zero attached hydrogens (tertiary/aromatic N) is 1. The maximum absolute atomic E-state index is 13.5. The Morgan fingerprint density at radius 3 is 2.50 bits per heavy atom. The van der Waals surface area contributed by atoms with Gasteiger partial charge in [0.2, 0.25) is 17.7 Å². The van der Waals surface area contributed by atoms with Crippen LogP contribution in [0.3, 0.4) is 0 Å². The molecule has 1 fully saturated rings. The topological polar surface area (TPSA) is 99.8 Å². The molecule has 1 saturated heterocycles. The van der Waals surface area contributed by atoms with Crippen molar-refractivity contribution >= 4 is 17.7 Å². The molecule has 2 aliphatic rings. The normalized spacial score (nSPS) is 31.1. The molecule has 0 aromatic heterocycles. The average molecular weight is 557 g/mol. The van der Waals surface area contributed by atoms with Gasteiger partial charge in [0.05, 0.1) is 17.7 Å². The number of rotatable bonds is 4. The molecule has 9 heteroatoms. The van der Waals surface area contributed by atoms with E-state index in [0.717, 1.165) is 24.8 Å². The fraction of sp³-hybridized carbons (Fsp3) is 0.581. The monoisotopic (exact) mass is 556 g/mol. The summed E-state index contributed by atoms with van der Waals surface area (Å²) in [6, 6.07) is 3.72. The Labute approximate surface area is 237 Å². The predicted molar refractivity (Wildman–Crippen MR) is 154 cm³/mol. The summed E-state index contributed by atoms with van der Waals surface area (Å²) in [6.07, 6.45) is 11.2. The van der Waals surface area contributed by atoms with Gasteiger partial charge < -0.3 is 25.6 Å². The van der Waals surface area contributed by atoms with Gasteiger partial charge in [0.15, 0.2) is 0 Å². The Balaban J connectivity index is 1.85. The van der Waals surface area contributed by atoms with E-state index in [1.165, 1.54) is 17.0 Å². The summed E-state index contributed by atoms with van der Waals surface area (Å²) in [5, 5.41) is 9.18. The molecule has 3 amide bonds. The molecule has 0 radical (unpaired) electrons. The van der Waals surface area contributed by atoms with E-state index >= 15 is 0 Å². The van der Waals surface area contributed by atoms with Crippen LogP contribution < -0.4 is 16.0 Å². The second-order valence-electron chi connectivity index (χ2n) is 11.2. The van der Waals surface area contributed by atoms with Crippen LogP contribution >= 0.6 is 0 Å². The molecule has 6 atom stereocenters. The van der Waals surface area contributed by atoms with Crippen molar-refractivity contribution in [2.75, 3.05) is 20.1 Å². The van der Waals surface area contributed by atoms with Crippen molar-refractivity contribution in [3.63, 3.8) is 0 Å². The van der Waals surface area contributed by atoms with Crippen molar-refractivity contribution in [3.8, 4) is 0 Å². The number of ether oxygens (including phenoxy) is 1. The van der Waals surface area contributed by atoms with Crippen LogP contribution in [0.5, 0.6) is 0 Å². The van der Waals surface area contributed by atoms with Crippen LogP contribution in [0.2, 0.25) is 0 Å². The summed E-state index contributed by atoms with van der Waals surface area (Å²) in [5.74, 6) is -1.20. The van der Waals surface area contributed by atoms with Crippen molar-refractivity contribution in [3.05, 3.63) is 60.0 Å². The molecule has 40 heavy (non-hydrogen) atoms. The summed E-state index contributed by atoms with van der Waals surface area (Å²) in [4.78, 5) is 41.4. The Morgan fingerprint density at radius 2 is 1.80 bits per heavy atom.